The molecule has 0 aromatic carbocycles. The van der Waals surface area contributed by atoms with Crippen LogP contribution in [-0.4, -0.2) is 112 Å². The number of ether oxygens (including phenoxy) is 1. The van der Waals surface area contributed by atoms with Crippen LogP contribution < -0.4 is 0 Å². The van der Waals surface area contributed by atoms with E-state index in [1.54, 1.807) is 20.8 Å². The van der Waals surface area contributed by atoms with Gasteiger partial charge in [-0.1, -0.05) is 0 Å². The van der Waals surface area contributed by atoms with Gasteiger partial charge < -0.3 is 27.5 Å². The molecule has 1 fully saturated rings. The monoisotopic (exact) mass is 321 g/mol. The van der Waals surface area contributed by atoms with Crippen LogP contribution in [0.1, 0.15) is 28.6 Å². The van der Waals surface area contributed by atoms with E-state index in [9.17, 15) is 17.7 Å². The molecule has 0 spiro atoms. The van der Waals surface area contributed by atoms with Gasteiger partial charge in [0.1, 0.15) is 5.60 Å². The van der Waals surface area contributed by atoms with Crippen molar-refractivity contribution in [1.82, 2.24) is 9.80 Å². The topological polar surface area (TPSA) is 32.8 Å². The summed E-state index contributed by atoms with van der Waals surface area (Å²) in [5.74, 6) is 0. The van der Waals surface area contributed by atoms with Crippen molar-refractivity contribution in [1.29, 1.82) is 0 Å². The summed E-state index contributed by atoms with van der Waals surface area (Å²) in [6.07, 6.45) is -0.778. The largest absolute Gasteiger partial charge is 1.00 e. The van der Waals surface area contributed by atoms with Crippen LogP contribution in [0.15, 0.2) is 0 Å². The van der Waals surface area contributed by atoms with Crippen LogP contribution in [0.25, 0.3) is 0 Å². The summed E-state index contributed by atoms with van der Waals surface area (Å²) < 4.78 is 42.3. The van der Waals surface area contributed by atoms with Gasteiger partial charge in [0, 0.05) is 71.0 Å². The van der Waals surface area contributed by atoms with Crippen LogP contribution in [-0.2, 0) is 4.74 Å². The van der Waals surface area contributed by atoms with Crippen LogP contribution in [0, 0.1) is 0 Å². The summed E-state index contributed by atoms with van der Waals surface area (Å²) in [7, 11) is 0. The summed E-state index contributed by atoms with van der Waals surface area (Å²) in [4.78, 5) is 14.7. The van der Waals surface area contributed by atoms with Gasteiger partial charge in [-0.3, -0.25) is 0 Å². The Balaban J connectivity index is 0. The molecular weight excluding hydrogens is 299 g/mol. The first kappa shape index (κ1) is 20.7. The minimum atomic E-state index is -4.81. The number of halogens is 3. The third-order valence-corrected chi connectivity index (χ3v) is 2.71. The van der Waals surface area contributed by atoms with Crippen LogP contribution in [0.3, 0.4) is 0 Å². The Morgan fingerprint density at radius 1 is 1.20 bits per heavy atom. The minimum Gasteiger partial charge on any atom is -0.448 e. The Hall–Kier alpha value is 0.721. The second-order valence-electron chi connectivity index (χ2n) is 5.83. The molecule has 113 valence electrons. The molecule has 1 heterocycles. The van der Waals surface area contributed by atoms with Crippen LogP contribution in [0.2, 0.25) is 0 Å². The first-order valence-electron chi connectivity index (χ1n) is 6.48. The fraction of sp³-hybridized carbons (Fsp3) is 0.909. The van der Waals surface area contributed by atoms with Gasteiger partial charge in [-0.05, 0) is 40.2 Å². The Morgan fingerprint density at radius 2 is 1.80 bits per heavy atom. The zero-order valence-electron chi connectivity index (χ0n) is 13.7. The normalized spacial score (nSPS) is 18.2. The maximum absolute atomic E-state index is 12.4. The van der Waals surface area contributed by atoms with Crippen molar-refractivity contribution in [2.75, 3.05) is 32.6 Å². The van der Waals surface area contributed by atoms with Crippen molar-refractivity contribution in [3.63, 3.8) is 0 Å². The zero-order chi connectivity index (χ0) is 14.7. The summed E-state index contributed by atoms with van der Waals surface area (Å²) in [5, 5.41) is 0. The van der Waals surface area contributed by atoms with E-state index in [1.165, 1.54) is 9.80 Å². The van der Waals surface area contributed by atoms with E-state index in [-0.39, 0.29) is 65.9 Å². The second kappa shape index (κ2) is 8.38. The van der Waals surface area contributed by atoms with Crippen LogP contribution in [0.5, 0.6) is 0 Å². The van der Waals surface area contributed by atoms with E-state index < -0.39 is 25.1 Å². The third-order valence-electron chi connectivity index (χ3n) is 2.71. The molecule has 0 saturated carbocycles. The molecule has 0 unspecified atom stereocenters. The maximum Gasteiger partial charge on any atom is 1.00 e. The molecule has 0 N–H and O–H groups in total. The van der Waals surface area contributed by atoms with Crippen molar-refractivity contribution in [2.24, 2.45) is 0 Å². The molecule has 1 amide bonds. The molecular formula is C11H22BF3KN2O2. The van der Waals surface area contributed by atoms with E-state index in [4.69, 9.17) is 4.74 Å². The first-order valence-corrected chi connectivity index (χ1v) is 6.48. The molecule has 1 radical (unpaired) electrons. The Bertz CT molecular complexity index is 330. The van der Waals surface area contributed by atoms with Gasteiger partial charge in [-0.2, -0.15) is 0 Å². The average Bonchev–Trinajstić information content (AvgIpc) is 2.38. The summed E-state index contributed by atoms with van der Waals surface area (Å²) in [6.45, 7) is 1.80. The smallest absolute Gasteiger partial charge is 0.448 e. The molecule has 0 aliphatic carbocycles. The van der Waals surface area contributed by atoms with Crippen molar-refractivity contribution < 1.29 is 23.9 Å². The van der Waals surface area contributed by atoms with E-state index >= 15 is 0 Å². The number of hydrogen-bond acceptors (Lipinski definition) is 3. The van der Waals surface area contributed by atoms with E-state index in [0.29, 0.717) is 19.5 Å². The number of hydrogen-bond donors (Lipinski definition) is 0. The molecule has 1 aliphatic heterocycles. The van der Waals surface area contributed by atoms with E-state index in [0.717, 1.165) is 0 Å². The fourth-order valence-electron chi connectivity index (χ4n) is 1.96. The number of rotatable bonds is 2. The summed E-state index contributed by atoms with van der Waals surface area (Å²) >= 11 is 0. The number of amides is 1. The summed E-state index contributed by atoms with van der Waals surface area (Å²) in [5.41, 5.74) is -0.585. The van der Waals surface area contributed by atoms with E-state index in [1.807, 2.05) is 0 Å². The van der Waals surface area contributed by atoms with Gasteiger partial charge in [-0.25, -0.2) is 4.79 Å². The molecule has 20 heavy (non-hydrogen) atoms. The molecule has 0 atom stereocenters. The van der Waals surface area contributed by atoms with Crippen molar-refractivity contribution >= 4 is 64.5 Å². The zero-order valence-corrected chi connectivity index (χ0v) is 15.8. The molecule has 1 aliphatic rings. The number of carbonyl (C=O) groups is 1. The van der Waals surface area contributed by atoms with Crippen molar-refractivity contribution in [2.45, 2.75) is 32.8 Å². The predicted octanol–water partition coefficient (Wildman–Crippen LogP) is 2.05. The Labute approximate surface area is 162 Å². The summed E-state index contributed by atoms with van der Waals surface area (Å²) in [6, 6.07) is 0. The van der Waals surface area contributed by atoms with Crippen molar-refractivity contribution in [3.8, 4) is 0 Å². The maximum atomic E-state index is 12.4. The first-order chi connectivity index (χ1) is 8.57. The fourth-order valence-corrected chi connectivity index (χ4v) is 1.96. The standard InChI is InChI=1S/C11H21BF3N2O2.K/c1-11(2,3)19-10(18)17-6-4-5-16(7-8-17)9-12(13,14)15;/h4-9H2,1-3H3;/q-1;/p+1. The molecule has 0 bridgehead atoms. The number of carbonyl (C=O) groups excluding carboxylic acids is 1. The number of nitrogens with zero attached hydrogens (tertiary/aromatic N) is 2. The van der Waals surface area contributed by atoms with Crippen LogP contribution >= 0.6 is 0 Å². The Morgan fingerprint density at radius 3 is 2.30 bits per heavy atom. The third kappa shape index (κ3) is 8.89. The minimum absolute atomic E-state index is 0. The quantitative estimate of drug-likeness (QED) is 0.730. The van der Waals surface area contributed by atoms with Gasteiger partial charge in [0.05, 0.1) is 0 Å². The van der Waals surface area contributed by atoms with Crippen LogP contribution in [0.4, 0.5) is 17.7 Å². The SMILES string of the molecule is CC(C)(C)OC(=O)N1CCCN(C[B-](F)(F)F)CC1.[H+].[K]. The molecule has 1 rings (SSSR count). The van der Waals surface area contributed by atoms with Gasteiger partial charge in [0.2, 0.25) is 0 Å². The Kier molecular flexibility index (Phi) is 8.68. The predicted molar refractivity (Wildman–Crippen MR) is 74.8 cm³/mol. The average molecular weight is 321 g/mol. The molecule has 9 heteroatoms. The molecule has 1 saturated heterocycles. The van der Waals surface area contributed by atoms with Gasteiger partial charge in [-0.15, -0.1) is 0 Å². The molecule has 4 nitrogen and oxygen atoms in total. The molecule has 0 aromatic heterocycles. The van der Waals surface area contributed by atoms with E-state index in [2.05, 4.69) is 0 Å². The second-order valence-corrected chi connectivity index (χ2v) is 5.83. The molecule has 0 aromatic rings. The van der Waals surface area contributed by atoms with Gasteiger partial charge in [0.15, 0.2) is 0 Å². The van der Waals surface area contributed by atoms with Gasteiger partial charge >= 0.3 is 14.5 Å². The van der Waals surface area contributed by atoms with Gasteiger partial charge in [0.25, 0.3) is 0 Å². The van der Waals surface area contributed by atoms with Crippen molar-refractivity contribution in [3.05, 3.63) is 0 Å².